The van der Waals surface area contributed by atoms with E-state index >= 15 is 0 Å². The summed E-state index contributed by atoms with van der Waals surface area (Å²) < 4.78 is 6.70. The zero-order chi connectivity index (χ0) is 13.0. The summed E-state index contributed by atoms with van der Waals surface area (Å²) >= 11 is 9.55. The van der Waals surface area contributed by atoms with E-state index in [4.69, 9.17) is 22.1 Å². The van der Waals surface area contributed by atoms with Crippen molar-refractivity contribution in [1.82, 2.24) is 0 Å². The molecule has 0 aliphatic carbocycles. The lowest BCUT2D eigenvalue weighted by Gasteiger charge is -2.08. The molecule has 0 heterocycles. The highest BCUT2D eigenvalue weighted by molar-refractivity contribution is 9.10. The van der Waals surface area contributed by atoms with Crippen LogP contribution in [0.2, 0.25) is 5.02 Å². The van der Waals surface area contributed by atoms with Crippen molar-refractivity contribution in [3.63, 3.8) is 0 Å². The predicted octanol–water partition coefficient (Wildman–Crippen LogP) is 4.40. The summed E-state index contributed by atoms with van der Waals surface area (Å²) in [5, 5.41) is 0.677. The molecule has 2 nitrogen and oxygen atoms in total. The lowest BCUT2D eigenvalue weighted by molar-refractivity contribution is 0.107. The maximum absolute atomic E-state index is 6.06. The molecule has 0 saturated heterocycles. The van der Waals surface area contributed by atoms with Gasteiger partial charge in [-0.1, -0.05) is 45.7 Å². The van der Waals surface area contributed by atoms with Gasteiger partial charge in [0.1, 0.15) is 0 Å². The summed E-state index contributed by atoms with van der Waals surface area (Å²) in [6, 6.07) is 13.4. The number of anilines is 1. The largest absolute Gasteiger partial charge is 0.399 e. The van der Waals surface area contributed by atoms with Gasteiger partial charge in [-0.05, 0) is 35.4 Å². The molecule has 0 aliphatic rings. The first-order chi connectivity index (χ1) is 8.66. The molecule has 0 atom stereocenters. The molecule has 0 spiro atoms. The van der Waals surface area contributed by atoms with Crippen molar-refractivity contribution < 1.29 is 4.74 Å². The normalized spacial score (nSPS) is 10.6. The molecule has 0 unspecified atom stereocenters. The Morgan fingerprint density at radius 3 is 2.56 bits per heavy atom. The van der Waals surface area contributed by atoms with Crippen LogP contribution in [0.1, 0.15) is 11.1 Å². The van der Waals surface area contributed by atoms with E-state index in [1.165, 1.54) is 0 Å². The molecule has 2 N–H and O–H groups in total. The second-order valence-electron chi connectivity index (χ2n) is 3.94. The van der Waals surface area contributed by atoms with Crippen LogP contribution in [0.3, 0.4) is 0 Å². The van der Waals surface area contributed by atoms with E-state index in [1.807, 2.05) is 30.3 Å². The minimum atomic E-state index is 0.450. The second-order valence-corrected chi connectivity index (χ2v) is 5.20. The third-order valence-corrected chi connectivity index (χ3v) is 3.69. The monoisotopic (exact) mass is 325 g/mol. The van der Waals surface area contributed by atoms with Gasteiger partial charge in [-0.15, -0.1) is 0 Å². The van der Waals surface area contributed by atoms with Crippen LogP contribution in [0, 0.1) is 0 Å². The Kier molecular flexibility index (Phi) is 4.64. The van der Waals surface area contributed by atoms with Crippen molar-refractivity contribution in [2.24, 2.45) is 0 Å². The van der Waals surface area contributed by atoms with Crippen molar-refractivity contribution in [3.05, 3.63) is 63.1 Å². The van der Waals surface area contributed by atoms with Crippen molar-refractivity contribution in [2.45, 2.75) is 13.2 Å². The average molecular weight is 327 g/mol. The van der Waals surface area contributed by atoms with Gasteiger partial charge in [-0.25, -0.2) is 0 Å². The number of nitrogens with two attached hydrogens (primary N) is 1. The lowest BCUT2D eigenvalue weighted by Crippen LogP contribution is -1.97. The summed E-state index contributed by atoms with van der Waals surface area (Å²) in [7, 11) is 0. The molecule has 0 saturated carbocycles. The van der Waals surface area contributed by atoms with Gasteiger partial charge < -0.3 is 10.5 Å². The van der Waals surface area contributed by atoms with Crippen molar-refractivity contribution in [3.8, 4) is 0 Å². The standard InChI is InChI=1S/C14H13BrClNO/c15-13-4-2-1-3-10(13)8-18-9-11-7-12(17)5-6-14(11)16/h1-7H,8-9,17H2. The van der Waals surface area contributed by atoms with Gasteiger partial charge in [0.05, 0.1) is 13.2 Å². The van der Waals surface area contributed by atoms with Crippen molar-refractivity contribution in [2.75, 3.05) is 5.73 Å². The Morgan fingerprint density at radius 2 is 1.78 bits per heavy atom. The van der Waals surface area contributed by atoms with E-state index in [1.54, 1.807) is 12.1 Å². The Morgan fingerprint density at radius 1 is 1.06 bits per heavy atom. The van der Waals surface area contributed by atoms with Gasteiger partial charge in [0.2, 0.25) is 0 Å². The van der Waals surface area contributed by atoms with E-state index in [0.29, 0.717) is 23.9 Å². The van der Waals surface area contributed by atoms with Crippen molar-refractivity contribution in [1.29, 1.82) is 0 Å². The van der Waals surface area contributed by atoms with Crippen LogP contribution in [0.25, 0.3) is 0 Å². The predicted molar refractivity (Wildman–Crippen MR) is 78.5 cm³/mol. The number of nitrogen functional groups attached to an aromatic ring is 1. The quantitative estimate of drug-likeness (QED) is 0.845. The molecule has 2 aromatic rings. The maximum atomic E-state index is 6.06. The molecule has 18 heavy (non-hydrogen) atoms. The Bertz CT molecular complexity index is 545. The third-order valence-electron chi connectivity index (χ3n) is 2.54. The lowest BCUT2D eigenvalue weighted by atomic mass is 10.2. The SMILES string of the molecule is Nc1ccc(Cl)c(COCc2ccccc2Br)c1. The van der Waals surface area contributed by atoms with Crippen LogP contribution in [0.5, 0.6) is 0 Å². The number of halogens is 2. The summed E-state index contributed by atoms with van der Waals surface area (Å²) in [5.41, 5.74) is 8.42. The molecule has 94 valence electrons. The highest BCUT2D eigenvalue weighted by Crippen LogP contribution is 2.21. The molecule has 0 radical (unpaired) electrons. The Labute approximate surface area is 120 Å². The van der Waals surface area contributed by atoms with E-state index in [2.05, 4.69) is 15.9 Å². The number of hydrogen-bond acceptors (Lipinski definition) is 2. The van der Waals surface area contributed by atoms with Crippen molar-refractivity contribution >= 4 is 33.2 Å². The number of hydrogen-bond donors (Lipinski definition) is 1. The highest BCUT2D eigenvalue weighted by atomic mass is 79.9. The zero-order valence-electron chi connectivity index (χ0n) is 9.70. The molecule has 0 aliphatic heterocycles. The second kappa shape index (κ2) is 6.23. The van der Waals surface area contributed by atoms with Gasteiger partial charge >= 0.3 is 0 Å². The summed E-state index contributed by atoms with van der Waals surface area (Å²) in [5.74, 6) is 0. The zero-order valence-corrected chi connectivity index (χ0v) is 12.0. The van der Waals surface area contributed by atoms with Crippen LogP contribution < -0.4 is 5.73 Å². The van der Waals surface area contributed by atoms with Gasteiger partial charge in [-0.2, -0.15) is 0 Å². The molecule has 2 rings (SSSR count). The fourth-order valence-corrected chi connectivity index (χ4v) is 2.16. The van der Waals surface area contributed by atoms with E-state index in [-0.39, 0.29) is 0 Å². The fourth-order valence-electron chi connectivity index (χ4n) is 1.59. The molecule has 0 bridgehead atoms. The highest BCUT2D eigenvalue weighted by Gasteiger charge is 2.03. The minimum absolute atomic E-state index is 0.450. The molecular formula is C14H13BrClNO. The minimum Gasteiger partial charge on any atom is -0.399 e. The topological polar surface area (TPSA) is 35.2 Å². The number of benzene rings is 2. The molecule has 0 fully saturated rings. The summed E-state index contributed by atoms with van der Waals surface area (Å²) in [6.45, 7) is 0.984. The van der Waals surface area contributed by atoms with E-state index in [9.17, 15) is 0 Å². The molecule has 0 aromatic heterocycles. The van der Waals surface area contributed by atoms with Crippen LogP contribution in [0.15, 0.2) is 46.9 Å². The molecule has 0 amide bonds. The molecule has 4 heteroatoms. The van der Waals surface area contributed by atoms with Crippen LogP contribution in [0.4, 0.5) is 5.69 Å². The molecular weight excluding hydrogens is 314 g/mol. The van der Waals surface area contributed by atoms with Gasteiger partial charge in [0.15, 0.2) is 0 Å². The van der Waals surface area contributed by atoms with E-state index < -0.39 is 0 Å². The van der Waals surface area contributed by atoms with Crippen LogP contribution in [-0.4, -0.2) is 0 Å². The first-order valence-corrected chi connectivity index (χ1v) is 6.69. The Hall–Kier alpha value is -1.03. The maximum Gasteiger partial charge on any atom is 0.0736 e. The summed E-state index contributed by atoms with van der Waals surface area (Å²) in [6.07, 6.45) is 0. The average Bonchev–Trinajstić information content (AvgIpc) is 2.36. The first-order valence-electron chi connectivity index (χ1n) is 5.52. The Balaban J connectivity index is 1.96. The number of rotatable bonds is 4. The van der Waals surface area contributed by atoms with Gasteiger partial charge in [-0.3, -0.25) is 0 Å². The van der Waals surface area contributed by atoms with Crippen LogP contribution in [-0.2, 0) is 18.0 Å². The molecule has 2 aromatic carbocycles. The fraction of sp³-hybridized carbons (Fsp3) is 0.143. The van der Waals surface area contributed by atoms with Gasteiger partial charge in [0.25, 0.3) is 0 Å². The summed E-state index contributed by atoms with van der Waals surface area (Å²) in [4.78, 5) is 0. The van der Waals surface area contributed by atoms with Gasteiger partial charge in [0, 0.05) is 15.2 Å². The number of ether oxygens (including phenoxy) is 1. The first kappa shape index (κ1) is 13.4. The third kappa shape index (κ3) is 3.48. The smallest absolute Gasteiger partial charge is 0.0736 e. The van der Waals surface area contributed by atoms with E-state index in [0.717, 1.165) is 15.6 Å². The van der Waals surface area contributed by atoms with Crippen LogP contribution >= 0.6 is 27.5 Å².